The SMILES string of the molecule is CCN(CC1CCCCN1)C(=O)c1cc(Cl)cc(Cl)c1. The molecule has 0 aliphatic carbocycles. The number of halogens is 2. The highest BCUT2D eigenvalue weighted by molar-refractivity contribution is 6.35. The molecule has 1 heterocycles. The molecule has 1 aliphatic rings. The lowest BCUT2D eigenvalue weighted by molar-refractivity contribution is 0.0741. The number of piperidine rings is 1. The van der Waals surface area contributed by atoms with E-state index in [1.54, 1.807) is 18.2 Å². The van der Waals surface area contributed by atoms with E-state index in [2.05, 4.69) is 5.32 Å². The van der Waals surface area contributed by atoms with Crippen LogP contribution in [0.2, 0.25) is 10.0 Å². The molecule has 1 saturated heterocycles. The van der Waals surface area contributed by atoms with Gasteiger partial charge in [-0.2, -0.15) is 0 Å². The van der Waals surface area contributed by atoms with E-state index in [1.807, 2.05) is 11.8 Å². The molecule has 0 aromatic heterocycles. The van der Waals surface area contributed by atoms with Crippen molar-refractivity contribution in [3.63, 3.8) is 0 Å². The molecular formula is C15H20Cl2N2O. The number of carbonyl (C=O) groups excluding carboxylic acids is 1. The summed E-state index contributed by atoms with van der Waals surface area (Å²) in [5.74, 6) is -0.00993. The smallest absolute Gasteiger partial charge is 0.254 e. The third kappa shape index (κ3) is 4.11. The van der Waals surface area contributed by atoms with Gasteiger partial charge in [-0.15, -0.1) is 0 Å². The second-order valence-electron chi connectivity index (χ2n) is 5.15. The summed E-state index contributed by atoms with van der Waals surface area (Å²) < 4.78 is 0. The average molecular weight is 315 g/mol. The van der Waals surface area contributed by atoms with Crippen molar-refractivity contribution in [1.82, 2.24) is 10.2 Å². The van der Waals surface area contributed by atoms with Gasteiger partial charge in [0.1, 0.15) is 0 Å². The maximum atomic E-state index is 12.5. The quantitative estimate of drug-likeness (QED) is 0.921. The summed E-state index contributed by atoms with van der Waals surface area (Å²) in [7, 11) is 0. The van der Waals surface area contributed by atoms with Crippen LogP contribution in [0.25, 0.3) is 0 Å². The number of likely N-dealkylation sites (N-methyl/N-ethyl adjacent to an activating group) is 1. The molecule has 20 heavy (non-hydrogen) atoms. The topological polar surface area (TPSA) is 32.3 Å². The third-order valence-corrected chi connectivity index (χ3v) is 4.07. The maximum absolute atomic E-state index is 12.5. The highest BCUT2D eigenvalue weighted by atomic mass is 35.5. The predicted molar refractivity (Wildman–Crippen MR) is 83.7 cm³/mol. The van der Waals surface area contributed by atoms with Crippen molar-refractivity contribution < 1.29 is 4.79 Å². The average Bonchev–Trinajstić information content (AvgIpc) is 2.44. The fourth-order valence-corrected chi connectivity index (χ4v) is 3.09. The van der Waals surface area contributed by atoms with Crippen LogP contribution < -0.4 is 5.32 Å². The molecule has 110 valence electrons. The van der Waals surface area contributed by atoms with E-state index in [9.17, 15) is 4.79 Å². The number of hydrogen-bond acceptors (Lipinski definition) is 2. The Balaban J connectivity index is 2.07. The number of carbonyl (C=O) groups is 1. The minimum atomic E-state index is -0.00993. The lowest BCUT2D eigenvalue weighted by atomic mass is 10.0. The second kappa shape index (κ2) is 7.30. The molecule has 1 fully saturated rings. The Morgan fingerprint density at radius 3 is 2.55 bits per heavy atom. The Morgan fingerprint density at radius 1 is 1.30 bits per heavy atom. The zero-order chi connectivity index (χ0) is 14.5. The van der Waals surface area contributed by atoms with Crippen LogP contribution in [0.4, 0.5) is 0 Å². The van der Waals surface area contributed by atoms with Gasteiger partial charge in [-0.1, -0.05) is 29.6 Å². The van der Waals surface area contributed by atoms with Crippen LogP contribution in [0.5, 0.6) is 0 Å². The summed E-state index contributed by atoms with van der Waals surface area (Å²) in [5, 5.41) is 4.45. The summed E-state index contributed by atoms with van der Waals surface area (Å²) >= 11 is 11.9. The standard InChI is InChI=1S/C15H20Cl2N2O/c1-2-19(10-14-5-3-4-6-18-14)15(20)11-7-12(16)9-13(17)8-11/h7-9,14,18H,2-6,10H2,1H3. The van der Waals surface area contributed by atoms with Gasteiger partial charge >= 0.3 is 0 Å². The first-order chi connectivity index (χ1) is 9.60. The van der Waals surface area contributed by atoms with E-state index in [1.165, 1.54) is 12.8 Å². The number of amides is 1. The number of nitrogens with one attached hydrogen (secondary N) is 1. The Labute approximate surface area is 130 Å². The van der Waals surface area contributed by atoms with Crippen molar-refractivity contribution >= 4 is 29.1 Å². The Hall–Kier alpha value is -0.770. The van der Waals surface area contributed by atoms with Crippen LogP contribution >= 0.6 is 23.2 Å². The van der Waals surface area contributed by atoms with Gasteiger partial charge < -0.3 is 10.2 Å². The minimum Gasteiger partial charge on any atom is -0.337 e. The van der Waals surface area contributed by atoms with E-state index in [0.717, 1.165) is 19.5 Å². The molecule has 1 aromatic carbocycles. The van der Waals surface area contributed by atoms with Crippen molar-refractivity contribution in [1.29, 1.82) is 0 Å². The van der Waals surface area contributed by atoms with Crippen molar-refractivity contribution in [3.8, 4) is 0 Å². The summed E-state index contributed by atoms with van der Waals surface area (Å²) in [5.41, 5.74) is 0.556. The van der Waals surface area contributed by atoms with Crippen LogP contribution in [0.1, 0.15) is 36.5 Å². The molecule has 1 aromatic rings. The van der Waals surface area contributed by atoms with Crippen LogP contribution in [0.15, 0.2) is 18.2 Å². The maximum Gasteiger partial charge on any atom is 0.254 e. The van der Waals surface area contributed by atoms with Gasteiger partial charge in [0.2, 0.25) is 0 Å². The summed E-state index contributed by atoms with van der Waals surface area (Å²) in [4.78, 5) is 14.4. The van der Waals surface area contributed by atoms with Gasteiger partial charge in [-0.3, -0.25) is 4.79 Å². The molecule has 1 unspecified atom stereocenters. The van der Waals surface area contributed by atoms with Gasteiger partial charge in [0.15, 0.2) is 0 Å². The van der Waals surface area contributed by atoms with Crippen LogP contribution in [0, 0.1) is 0 Å². The van der Waals surface area contributed by atoms with Crippen LogP contribution in [-0.4, -0.2) is 36.5 Å². The predicted octanol–water partition coefficient (Wildman–Crippen LogP) is 3.60. The highest BCUT2D eigenvalue weighted by Gasteiger charge is 2.20. The molecule has 5 heteroatoms. The molecule has 1 atom stereocenters. The van der Waals surface area contributed by atoms with Crippen LogP contribution in [0.3, 0.4) is 0 Å². The first-order valence-corrected chi connectivity index (χ1v) is 7.84. The number of rotatable bonds is 4. The lowest BCUT2D eigenvalue weighted by Gasteiger charge is -2.30. The van der Waals surface area contributed by atoms with Gasteiger partial charge in [-0.05, 0) is 44.5 Å². The zero-order valence-corrected chi connectivity index (χ0v) is 13.2. The normalized spacial score (nSPS) is 18.9. The first-order valence-electron chi connectivity index (χ1n) is 7.09. The van der Waals surface area contributed by atoms with E-state index >= 15 is 0 Å². The molecule has 0 spiro atoms. The van der Waals surface area contributed by atoms with Gasteiger partial charge in [0.25, 0.3) is 5.91 Å². The fourth-order valence-electron chi connectivity index (χ4n) is 2.56. The third-order valence-electron chi connectivity index (χ3n) is 3.63. The number of nitrogens with zero attached hydrogens (tertiary/aromatic N) is 1. The molecule has 0 saturated carbocycles. The summed E-state index contributed by atoms with van der Waals surface area (Å²) in [6, 6.07) is 5.38. The van der Waals surface area contributed by atoms with Crippen molar-refractivity contribution in [2.75, 3.05) is 19.6 Å². The Kier molecular flexibility index (Phi) is 5.70. The molecule has 3 nitrogen and oxygen atoms in total. The van der Waals surface area contributed by atoms with Crippen molar-refractivity contribution in [2.45, 2.75) is 32.2 Å². The van der Waals surface area contributed by atoms with Crippen LogP contribution in [-0.2, 0) is 0 Å². The van der Waals surface area contributed by atoms with Crippen molar-refractivity contribution in [2.24, 2.45) is 0 Å². The van der Waals surface area contributed by atoms with Gasteiger partial charge in [0.05, 0.1) is 0 Å². The molecule has 2 rings (SSSR count). The highest BCUT2D eigenvalue weighted by Crippen LogP contribution is 2.20. The van der Waals surface area contributed by atoms with Crippen molar-refractivity contribution in [3.05, 3.63) is 33.8 Å². The molecular weight excluding hydrogens is 295 g/mol. The van der Waals surface area contributed by atoms with E-state index in [0.29, 0.717) is 28.2 Å². The summed E-state index contributed by atoms with van der Waals surface area (Å²) in [6.45, 7) is 4.45. The zero-order valence-electron chi connectivity index (χ0n) is 11.7. The fraction of sp³-hybridized carbons (Fsp3) is 0.533. The van der Waals surface area contributed by atoms with E-state index in [-0.39, 0.29) is 5.91 Å². The molecule has 0 bridgehead atoms. The molecule has 0 radical (unpaired) electrons. The van der Waals surface area contributed by atoms with E-state index < -0.39 is 0 Å². The van der Waals surface area contributed by atoms with Gasteiger partial charge in [-0.25, -0.2) is 0 Å². The number of benzene rings is 1. The molecule has 1 amide bonds. The minimum absolute atomic E-state index is 0.00993. The monoisotopic (exact) mass is 314 g/mol. The van der Waals surface area contributed by atoms with Gasteiger partial charge in [0, 0.05) is 34.7 Å². The molecule has 1 aliphatic heterocycles. The number of hydrogen-bond donors (Lipinski definition) is 1. The molecule has 1 N–H and O–H groups in total. The first kappa shape index (κ1) is 15.6. The lowest BCUT2D eigenvalue weighted by Crippen LogP contribution is -2.45. The summed E-state index contributed by atoms with van der Waals surface area (Å²) in [6.07, 6.45) is 3.58. The Morgan fingerprint density at radius 2 is 2.00 bits per heavy atom. The second-order valence-corrected chi connectivity index (χ2v) is 6.02. The Bertz CT molecular complexity index is 453. The largest absolute Gasteiger partial charge is 0.337 e. The van der Waals surface area contributed by atoms with E-state index in [4.69, 9.17) is 23.2 Å².